The molecule has 2 N–H and O–H groups in total. The number of sulfonamides is 1. The SMILES string of the molecule is CCCCC(C)NS(=O)(=O)c1cc(CNCC)sc1C. The molecule has 116 valence electrons. The fourth-order valence-corrected chi connectivity index (χ4v) is 4.91. The maximum Gasteiger partial charge on any atom is 0.241 e. The Bertz CT molecular complexity index is 509. The standard InChI is InChI=1S/C14H26N2O2S2/c1-5-7-8-11(3)16-20(17,18)14-9-13(10-15-6-2)19-12(14)4/h9,11,15-16H,5-8,10H2,1-4H3. The molecule has 1 unspecified atom stereocenters. The van der Waals surface area contributed by atoms with Gasteiger partial charge in [-0.25, -0.2) is 13.1 Å². The van der Waals surface area contributed by atoms with Crippen LogP contribution in [-0.4, -0.2) is 21.0 Å². The van der Waals surface area contributed by atoms with E-state index >= 15 is 0 Å². The summed E-state index contributed by atoms with van der Waals surface area (Å²) in [7, 11) is -3.39. The van der Waals surface area contributed by atoms with Gasteiger partial charge in [0.25, 0.3) is 0 Å². The molecular formula is C14H26N2O2S2. The highest BCUT2D eigenvalue weighted by Crippen LogP contribution is 2.26. The predicted molar refractivity (Wildman–Crippen MR) is 85.7 cm³/mol. The molecule has 1 heterocycles. The summed E-state index contributed by atoms with van der Waals surface area (Å²) in [6.07, 6.45) is 3.00. The van der Waals surface area contributed by atoms with Crippen molar-refractivity contribution in [2.24, 2.45) is 0 Å². The van der Waals surface area contributed by atoms with Gasteiger partial charge in [0.2, 0.25) is 10.0 Å². The van der Waals surface area contributed by atoms with E-state index in [0.717, 1.165) is 42.1 Å². The summed E-state index contributed by atoms with van der Waals surface area (Å²) in [6.45, 7) is 9.54. The molecule has 0 aliphatic carbocycles. The van der Waals surface area contributed by atoms with E-state index in [1.54, 1.807) is 17.4 Å². The highest BCUT2D eigenvalue weighted by molar-refractivity contribution is 7.89. The molecule has 0 saturated heterocycles. The first-order valence-corrected chi connectivity index (χ1v) is 9.53. The molecule has 0 bridgehead atoms. The number of aryl methyl sites for hydroxylation is 1. The van der Waals surface area contributed by atoms with Crippen LogP contribution < -0.4 is 10.0 Å². The highest BCUT2D eigenvalue weighted by atomic mass is 32.2. The first-order chi connectivity index (χ1) is 9.40. The average molecular weight is 319 g/mol. The van der Waals surface area contributed by atoms with E-state index in [4.69, 9.17) is 0 Å². The van der Waals surface area contributed by atoms with Crippen LogP contribution in [0.4, 0.5) is 0 Å². The number of hydrogen-bond donors (Lipinski definition) is 2. The summed E-state index contributed by atoms with van der Waals surface area (Å²) in [5.74, 6) is 0. The molecule has 0 aliphatic rings. The lowest BCUT2D eigenvalue weighted by Crippen LogP contribution is -2.32. The maximum atomic E-state index is 12.4. The van der Waals surface area contributed by atoms with E-state index in [0.29, 0.717) is 4.90 Å². The van der Waals surface area contributed by atoms with Gasteiger partial charge in [-0.3, -0.25) is 0 Å². The molecule has 0 spiro atoms. The lowest BCUT2D eigenvalue weighted by Gasteiger charge is -2.13. The predicted octanol–water partition coefficient (Wildman–Crippen LogP) is 3.02. The molecule has 1 aromatic rings. The summed E-state index contributed by atoms with van der Waals surface area (Å²) < 4.78 is 27.6. The summed E-state index contributed by atoms with van der Waals surface area (Å²) >= 11 is 1.54. The van der Waals surface area contributed by atoms with E-state index in [9.17, 15) is 8.42 Å². The molecule has 20 heavy (non-hydrogen) atoms. The zero-order chi connectivity index (χ0) is 15.2. The van der Waals surface area contributed by atoms with Crippen molar-refractivity contribution in [3.05, 3.63) is 15.8 Å². The van der Waals surface area contributed by atoms with Crippen LogP contribution in [0.5, 0.6) is 0 Å². The van der Waals surface area contributed by atoms with Gasteiger partial charge < -0.3 is 5.32 Å². The van der Waals surface area contributed by atoms with Crippen molar-refractivity contribution < 1.29 is 8.42 Å². The van der Waals surface area contributed by atoms with Gasteiger partial charge >= 0.3 is 0 Å². The molecule has 0 fully saturated rings. The third kappa shape index (κ3) is 5.16. The second kappa shape index (κ2) is 8.12. The van der Waals surface area contributed by atoms with Crippen molar-refractivity contribution in [3.63, 3.8) is 0 Å². The summed E-state index contributed by atoms with van der Waals surface area (Å²) in [5, 5.41) is 3.22. The van der Waals surface area contributed by atoms with Crippen LogP contribution in [0.2, 0.25) is 0 Å². The minimum Gasteiger partial charge on any atom is -0.312 e. The monoisotopic (exact) mass is 318 g/mol. The van der Waals surface area contributed by atoms with Crippen LogP contribution in [0.15, 0.2) is 11.0 Å². The largest absolute Gasteiger partial charge is 0.312 e. The van der Waals surface area contributed by atoms with Gasteiger partial charge in [0.05, 0.1) is 4.90 Å². The van der Waals surface area contributed by atoms with Crippen LogP contribution >= 0.6 is 11.3 Å². The van der Waals surface area contributed by atoms with E-state index in [1.807, 2.05) is 20.8 Å². The Morgan fingerprint density at radius 1 is 1.35 bits per heavy atom. The number of rotatable bonds is 9. The van der Waals surface area contributed by atoms with Gasteiger partial charge in [-0.05, 0) is 32.9 Å². The minimum atomic E-state index is -3.39. The zero-order valence-electron chi connectivity index (χ0n) is 12.8. The fourth-order valence-electron chi connectivity index (χ4n) is 2.02. The van der Waals surface area contributed by atoms with Gasteiger partial charge in [0.1, 0.15) is 0 Å². The molecule has 1 aromatic heterocycles. The van der Waals surface area contributed by atoms with Crippen molar-refractivity contribution in [2.45, 2.75) is 64.4 Å². The van der Waals surface area contributed by atoms with Crippen LogP contribution in [0.3, 0.4) is 0 Å². The maximum absolute atomic E-state index is 12.4. The van der Waals surface area contributed by atoms with Crippen LogP contribution in [0.25, 0.3) is 0 Å². The van der Waals surface area contributed by atoms with Crippen molar-refractivity contribution in [3.8, 4) is 0 Å². The second-order valence-electron chi connectivity index (χ2n) is 5.08. The summed E-state index contributed by atoms with van der Waals surface area (Å²) in [5.41, 5.74) is 0. The van der Waals surface area contributed by atoms with E-state index in [-0.39, 0.29) is 6.04 Å². The van der Waals surface area contributed by atoms with Gasteiger partial charge in [-0.1, -0.05) is 26.7 Å². The second-order valence-corrected chi connectivity index (χ2v) is 8.10. The molecule has 6 heteroatoms. The minimum absolute atomic E-state index is 0.0172. The Balaban J connectivity index is 2.78. The molecule has 0 saturated carbocycles. The molecule has 0 aliphatic heterocycles. The highest BCUT2D eigenvalue weighted by Gasteiger charge is 2.21. The third-order valence-corrected chi connectivity index (χ3v) is 6.00. The van der Waals surface area contributed by atoms with Crippen molar-refractivity contribution in [1.82, 2.24) is 10.0 Å². The van der Waals surface area contributed by atoms with E-state index < -0.39 is 10.0 Å². The molecule has 0 amide bonds. The molecule has 0 radical (unpaired) electrons. The Hall–Kier alpha value is -0.430. The zero-order valence-corrected chi connectivity index (χ0v) is 14.5. The molecule has 4 nitrogen and oxygen atoms in total. The number of thiophene rings is 1. The third-order valence-electron chi connectivity index (χ3n) is 3.11. The molecule has 1 rings (SSSR count). The smallest absolute Gasteiger partial charge is 0.241 e. The Labute approximate surface area is 127 Å². The van der Waals surface area contributed by atoms with Crippen LogP contribution in [0, 0.1) is 6.92 Å². The molecule has 1 atom stereocenters. The van der Waals surface area contributed by atoms with Gasteiger partial charge in [-0.15, -0.1) is 11.3 Å². The summed E-state index contributed by atoms with van der Waals surface area (Å²) in [6, 6.07) is 1.77. The molecular weight excluding hydrogens is 292 g/mol. The first kappa shape index (κ1) is 17.6. The number of hydrogen-bond acceptors (Lipinski definition) is 4. The quantitative estimate of drug-likeness (QED) is 0.736. The lowest BCUT2D eigenvalue weighted by atomic mass is 10.2. The number of nitrogens with one attached hydrogen (secondary N) is 2. The topological polar surface area (TPSA) is 58.2 Å². The number of unbranched alkanes of at least 4 members (excludes halogenated alkanes) is 1. The Morgan fingerprint density at radius 3 is 2.65 bits per heavy atom. The van der Waals surface area contributed by atoms with Crippen LogP contribution in [-0.2, 0) is 16.6 Å². The Morgan fingerprint density at radius 2 is 2.05 bits per heavy atom. The van der Waals surface area contributed by atoms with Crippen molar-refractivity contribution >= 4 is 21.4 Å². The van der Waals surface area contributed by atoms with E-state index in [2.05, 4.69) is 17.0 Å². The first-order valence-electron chi connectivity index (χ1n) is 7.23. The summed E-state index contributed by atoms with van der Waals surface area (Å²) in [4.78, 5) is 2.35. The van der Waals surface area contributed by atoms with Gasteiger partial charge in [0, 0.05) is 22.3 Å². The normalized spacial score (nSPS) is 13.6. The van der Waals surface area contributed by atoms with E-state index in [1.165, 1.54) is 0 Å². The van der Waals surface area contributed by atoms with Crippen LogP contribution in [0.1, 0.15) is 49.8 Å². The Kier molecular flexibility index (Phi) is 7.15. The van der Waals surface area contributed by atoms with Gasteiger partial charge in [0.15, 0.2) is 0 Å². The molecule has 0 aromatic carbocycles. The average Bonchev–Trinajstić information content (AvgIpc) is 2.75. The lowest BCUT2D eigenvalue weighted by molar-refractivity contribution is 0.534. The van der Waals surface area contributed by atoms with Crippen molar-refractivity contribution in [2.75, 3.05) is 6.54 Å². The fraction of sp³-hybridized carbons (Fsp3) is 0.714. The van der Waals surface area contributed by atoms with Crippen molar-refractivity contribution in [1.29, 1.82) is 0 Å². The van der Waals surface area contributed by atoms with Gasteiger partial charge in [-0.2, -0.15) is 0 Å².